The Bertz CT molecular complexity index is 676. The number of hydrogen-bond donors (Lipinski definition) is 2. The lowest BCUT2D eigenvalue weighted by Gasteiger charge is -2.25. The second-order valence-electron chi connectivity index (χ2n) is 7.20. The van der Waals surface area contributed by atoms with Crippen molar-refractivity contribution in [2.45, 2.75) is 37.8 Å². The Morgan fingerprint density at radius 3 is 2.54 bits per heavy atom. The first-order chi connectivity index (χ1) is 12.7. The number of ether oxygens (including phenoxy) is 1. The molecule has 1 fully saturated rings. The SMILES string of the molecule is OC[C@]1(O)CCCN(Cc2ccccc2OCCc2ccccc2)CC1. The molecule has 0 saturated carbocycles. The molecule has 4 nitrogen and oxygen atoms in total. The van der Waals surface area contributed by atoms with Crippen LogP contribution in [-0.2, 0) is 13.0 Å². The van der Waals surface area contributed by atoms with Crippen LogP contribution < -0.4 is 4.74 Å². The van der Waals surface area contributed by atoms with Crippen LogP contribution in [0.4, 0.5) is 0 Å². The fourth-order valence-corrected chi connectivity index (χ4v) is 3.49. The topological polar surface area (TPSA) is 52.9 Å². The highest BCUT2D eigenvalue weighted by Gasteiger charge is 2.29. The molecule has 0 radical (unpaired) electrons. The summed E-state index contributed by atoms with van der Waals surface area (Å²) >= 11 is 0. The van der Waals surface area contributed by atoms with Gasteiger partial charge in [0.15, 0.2) is 0 Å². The molecule has 4 heteroatoms. The standard InChI is InChI=1S/C22H29NO3/c24-18-22(25)12-6-14-23(15-13-22)17-20-9-4-5-10-21(20)26-16-11-19-7-2-1-3-8-19/h1-5,7-10,24-25H,6,11-18H2/t22-/m0/s1. The first-order valence-corrected chi connectivity index (χ1v) is 9.49. The molecule has 0 unspecified atom stereocenters. The fraction of sp³-hybridized carbons (Fsp3) is 0.455. The average Bonchev–Trinajstić information content (AvgIpc) is 2.86. The van der Waals surface area contributed by atoms with E-state index in [4.69, 9.17) is 4.74 Å². The number of aliphatic hydroxyl groups is 2. The minimum Gasteiger partial charge on any atom is -0.493 e. The minimum absolute atomic E-state index is 0.153. The van der Waals surface area contributed by atoms with Gasteiger partial charge in [0, 0.05) is 25.1 Å². The number of rotatable bonds is 7. The maximum absolute atomic E-state index is 10.3. The zero-order valence-electron chi connectivity index (χ0n) is 15.3. The van der Waals surface area contributed by atoms with Crippen LogP contribution in [0.2, 0.25) is 0 Å². The molecule has 3 rings (SSSR count). The van der Waals surface area contributed by atoms with Gasteiger partial charge in [0.25, 0.3) is 0 Å². The summed E-state index contributed by atoms with van der Waals surface area (Å²) < 4.78 is 6.06. The van der Waals surface area contributed by atoms with Crippen molar-refractivity contribution in [2.75, 3.05) is 26.3 Å². The van der Waals surface area contributed by atoms with Crippen LogP contribution in [0, 0.1) is 0 Å². The van der Waals surface area contributed by atoms with Crippen LogP contribution in [0.1, 0.15) is 30.4 Å². The van der Waals surface area contributed by atoms with Crippen LogP contribution in [0.5, 0.6) is 5.75 Å². The Morgan fingerprint density at radius 2 is 1.73 bits per heavy atom. The van der Waals surface area contributed by atoms with E-state index in [1.807, 2.05) is 24.3 Å². The van der Waals surface area contributed by atoms with Crippen molar-refractivity contribution in [3.05, 3.63) is 65.7 Å². The van der Waals surface area contributed by atoms with E-state index in [0.29, 0.717) is 19.4 Å². The van der Waals surface area contributed by atoms with Crippen molar-refractivity contribution in [1.82, 2.24) is 4.90 Å². The summed E-state index contributed by atoms with van der Waals surface area (Å²) in [6, 6.07) is 18.6. The summed E-state index contributed by atoms with van der Waals surface area (Å²) in [7, 11) is 0. The zero-order valence-corrected chi connectivity index (χ0v) is 15.3. The molecule has 2 N–H and O–H groups in total. The summed E-state index contributed by atoms with van der Waals surface area (Å²) in [5.74, 6) is 0.935. The summed E-state index contributed by atoms with van der Waals surface area (Å²) in [5, 5.41) is 19.7. The second kappa shape index (κ2) is 9.17. The Hall–Kier alpha value is -1.88. The third-order valence-electron chi connectivity index (χ3n) is 5.16. The number of para-hydroxylation sites is 1. The van der Waals surface area contributed by atoms with Crippen LogP contribution in [0.3, 0.4) is 0 Å². The molecule has 0 bridgehead atoms. The van der Waals surface area contributed by atoms with Crippen LogP contribution in [0.25, 0.3) is 0 Å². The molecule has 1 aliphatic heterocycles. The number of nitrogens with zero attached hydrogens (tertiary/aromatic N) is 1. The minimum atomic E-state index is -0.916. The van der Waals surface area contributed by atoms with Gasteiger partial charge < -0.3 is 14.9 Å². The van der Waals surface area contributed by atoms with Crippen molar-refractivity contribution >= 4 is 0 Å². The van der Waals surface area contributed by atoms with E-state index in [9.17, 15) is 10.2 Å². The molecule has 0 amide bonds. The molecule has 1 heterocycles. The smallest absolute Gasteiger partial charge is 0.123 e. The largest absolute Gasteiger partial charge is 0.493 e. The van der Waals surface area contributed by atoms with Crippen molar-refractivity contribution in [2.24, 2.45) is 0 Å². The molecule has 0 aromatic heterocycles. The van der Waals surface area contributed by atoms with Crippen LogP contribution in [-0.4, -0.2) is 47.0 Å². The van der Waals surface area contributed by atoms with Crippen molar-refractivity contribution in [1.29, 1.82) is 0 Å². The summed E-state index contributed by atoms with van der Waals surface area (Å²) in [4.78, 5) is 2.34. The maximum Gasteiger partial charge on any atom is 0.123 e. The summed E-state index contributed by atoms with van der Waals surface area (Å²) in [6.45, 7) is 3.03. The Kier molecular flexibility index (Phi) is 6.67. The Balaban J connectivity index is 1.57. The molecule has 1 atom stereocenters. The lowest BCUT2D eigenvalue weighted by molar-refractivity contribution is -0.0255. The first kappa shape index (κ1) is 18.9. The van der Waals surface area contributed by atoms with Gasteiger partial charge in [0.05, 0.1) is 18.8 Å². The van der Waals surface area contributed by atoms with E-state index in [-0.39, 0.29) is 6.61 Å². The highest BCUT2D eigenvalue weighted by molar-refractivity contribution is 5.33. The highest BCUT2D eigenvalue weighted by Crippen LogP contribution is 2.25. The van der Waals surface area contributed by atoms with Gasteiger partial charge in [-0.2, -0.15) is 0 Å². The van der Waals surface area contributed by atoms with Gasteiger partial charge in [-0.3, -0.25) is 4.90 Å². The lowest BCUT2D eigenvalue weighted by atomic mass is 9.96. The van der Waals surface area contributed by atoms with E-state index in [1.54, 1.807) is 0 Å². The predicted octanol–water partition coefficient (Wildman–Crippen LogP) is 3.02. The normalized spacial score (nSPS) is 21.3. The van der Waals surface area contributed by atoms with Gasteiger partial charge >= 0.3 is 0 Å². The number of aliphatic hydroxyl groups excluding tert-OH is 1. The number of likely N-dealkylation sites (tertiary alicyclic amines) is 1. The molecule has 0 aliphatic carbocycles. The monoisotopic (exact) mass is 355 g/mol. The van der Waals surface area contributed by atoms with Gasteiger partial charge in [-0.25, -0.2) is 0 Å². The highest BCUT2D eigenvalue weighted by atomic mass is 16.5. The average molecular weight is 355 g/mol. The van der Waals surface area contributed by atoms with Gasteiger partial charge in [0.1, 0.15) is 5.75 Å². The number of benzene rings is 2. The van der Waals surface area contributed by atoms with E-state index in [1.165, 1.54) is 11.1 Å². The molecule has 2 aromatic carbocycles. The fourth-order valence-electron chi connectivity index (χ4n) is 3.49. The second-order valence-corrected chi connectivity index (χ2v) is 7.20. The summed E-state index contributed by atoms with van der Waals surface area (Å²) in [5.41, 5.74) is 1.54. The quantitative estimate of drug-likeness (QED) is 0.802. The molecule has 0 spiro atoms. The molecule has 1 saturated heterocycles. The third-order valence-corrected chi connectivity index (χ3v) is 5.16. The Morgan fingerprint density at radius 1 is 0.962 bits per heavy atom. The predicted molar refractivity (Wildman–Crippen MR) is 103 cm³/mol. The molecule has 1 aliphatic rings. The van der Waals surface area contributed by atoms with Crippen LogP contribution >= 0.6 is 0 Å². The first-order valence-electron chi connectivity index (χ1n) is 9.49. The van der Waals surface area contributed by atoms with Gasteiger partial charge in [0.2, 0.25) is 0 Å². The lowest BCUT2D eigenvalue weighted by Crippen LogP contribution is -2.34. The van der Waals surface area contributed by atoms with E-state index >= 15 is 0 Å². The van der Waals surface area contributed by atoms with E-state index in [2.05, 4.69) is 35.2 Å². The zero-order chi connectivity index (χ0) is 18.2. The molecule has 26 heavy (non-hydrogen) atoms. The third kappa shape index (κ3) is 5.31. The van der Waals surface area contributed by atoms with Gasteiger partial charge in [-0.1, -0.05) is 48.5 Å². The Labute approximate surface area is 156 Å². The molecular weight excluding hydrogens is 326 g/mol. The maximum atomic E-state index is 10.3. The van der Waals surface area contributed by atoms with Crippen molar-refractivity contribution in [3.8, 4) is 5.75 Å². The molecule has 140 valence electrons. The molecule has 2 aromatic rings. The summed E-state index contributed by atoms with van der Waals surface area (Å²) in [6.07, 6.45) is 3.06. The van der Waals surface area contributed by atoms with E-state index in [0.717, 1.165) is 38.2 Å². The van der Waals surface area contributed by atoms with E-state index < -0.39 is 5.60 Å². The van der Waals surface area contributed by atoms with Crippen molar-refractivity contribution < 1.29 is 14.9 Å². The van der Waals surface area contributed by atoms with Crippen LogP contribution in [0.15, 0.2) is 54.6 Å². The van der Waals surface area contributed by atoms with Gasteiger partial charge in [-0.15, -0.1) is 0 Å². The number of hydrogen-bond acceptors (Lipinski definition) is 4. The van der Waals surface area contributed by atoms with Gasteiger partial charge in [-0.05, 0) is 37.4 Å². The van der Waals surface area contributed by atoms with Crippen molar-refractivity contribution in [3.63, 3.8) is 0 Å². The molecular formula is C22H29NO3.